The summed E-state index contributed by atoms with van der Waals surface area (Å²) in [7, 11) is 1.28. The van der Waals surface area contributed by atoms with Crippen molar-refractivity contribution in [3.8, 4) is 0 Å². The van der Waals surface area contributed by atoms with Crippen LogP contribution < -0.4 is 0 Å². The fourth-order valence-electron chi connectivity index (χ4n) is 1.74. The number of carbonyl (C=O) groups excluding carboxylic acids is 1. The molecule has 0 aromatic heterocycles. The van der Waals surface area contributed by atoms with E-state index in [-0.39, 0.29) is 12.4 Å². The highest BCUT2D eigenvalue weighted by atomic mass is 19.1. The van der Waals surface area contributed by atoms with Crippen molar-refractivity contribution >= 4 is 5.97 Å². The van der Waals surface area contributed by atoms with Gasteiger partial charge in [-0.05, 0) is 18.2 Å². The number of hydrogen-bond donors (Lipinski definition) is 1. The lowest BCUT2D eigenvalue weighted by atomic mass is 10.1. The maximum Gasteiger partial charge on any atom is 0.337 e. The quantitative estimate of drug-likeness (QED) is 0.602. The molecule has 1 N–H and O–H groups in total. The van der Waals surface area contributed by atoms with Gasteiger partial charge in [0.15, 0.2) is 0 Å². The van der Waals surface area contributed by atoms with Gasteiger partial charge in [-0.15, -0.1) is 6.58 Å². The molecule has 0 aliphatic rings. The molecule has 0 saturated heterocycles. The smallest absolute Gasteiger partial charge is 0.337 e. The highest BCUT2D eigenvalue weighted by Gasteiger charge is 2.12. The molecule has 0 fully saturated rings. The van der Waals surface area contributed by atoms with Crippen molar-refractivity contribution in [2.24, 2.45) is 0 Å². The molecule has 104 valence electrons. The number of aliphatic hydroxyl groups excluding tert-OH is 1. The Balaban J connectivity index is 2.91. The molecule has 0 spiro atoms. The number of carbonyl (C=O) groups is 1. The van der Waals surface area contributed by atoms with Crippen LogP contribution in [-0.2, 0) is 11.3 Å². The molecule has 1 rings (SSSR count). The third kappa shape index (κ3) is 4.46. The number of nitrogens with zero attached hydrogens (tertiary/aromatic N) is 1. The highest BCUT2D eigenvalue weighted by Crippen LogP contribution is 2.14. The van der Waals surface area contributed by atoms with Crippen molar-refractivity contribution < 1.29 is 19.0 Å². The van der Waals surface area contributed by atoms with Crippen LogP contribution in [0.2, 0.25) is 0 Å². The SMILES string of the molecule is C=CCN(CCO)Cc1cc(C(=O)OC)ccc1F. The maximum atomic E-state index is 13.7. The summed E-state index contributed by atoms with van der Waals surface area (Å²) in [5, 5.41) is 8.95. The predicted molar refractivity (Wildman–Crippen MR) is 70.3 cm³/mol. The first-order chi connectivity index (χ1) is 9.12. The van der Waals surface area contributed by atoms with E-state index in [0.717, 1.165) is 0 Å². The predicted octanol–water partition coefficient (Wildman–Crippen LogP) is 1.59. The van der Waals surface area contributed by atoms with Gasteiger partial charge in [0.05, 0.1) is 19.3 Å². The largest absolute Gasteiger partial charge is 0.465 e. The molecule has 0 aliphatic heterocycles. The molecule has 0 radical (unpaired) electrons. The molecule has 0 bridgehead atoms. The van der Waals surface area contributed by atoms with Gasteiger partial charge in [-0.2, -0.15) is 0 Å². The molecule has 0 atom stereocenters. The van der Waals surface area contributed by atoms with E-state index in [0.29, 0.717) is 30.8 Å². The van der Waals surface area contributed by atoms with Crippen molar-refractivity contribution in [3.05, 3.63) is 47.8 Å². The summed E-state index contributed by atoms with van der Waals surface area (Å²) >= 11 is 0. The molecule has 0 aliphatic carbocycles. The van der Waals surface area contributed by atoms with Crippen LogP contribution in [0.4, 0.5) is 4.39 Å². The van der Waals surface area contributed by atoms with Crippen molar-refractivity contribution in [2.45, 2.75) is 6.54 Å². The summed E-state index contributed by atoms with van der Waals surface area (Å²) in [5.74, 6) is -0.890. The van der Waals surface area contributed by atoms with Crippen LogP contribution >= 0.6 is 0 Å². The minimum atomic E-state index is -0.501. The van der Waals surface area contributed by atoms with E-state index in [4.69, 9.17) is 5.11 Å². The molecule has 4 nitrogen and oxygen atoms in total. The van der Waals surface area contributed by atoms with Gasteiger partial charge in [0.1, 0.15) is 5.82 Å². The monoisotopic (exact) mass is 267 g/mol. The second-order valence-corrected chi connectivity index (χ2v) is 4.05. The molecule has 5 heteroatoms. The Hall–Kier alpha value is -1.72. The topological polar surface area (TPSA) is 49.8 Å². The van der Waals surface area contributed by atoms with Gasteiger partial charge in [0.25, 0.3) is 0 Å². The number of hydrogen-bond acceptors (Lipinski definition) is 4. The number of benzene rings is 1. The molecule has 0 amide bonds. The maximum absolute atomic E-state index is 13.7. The molecule has 1 aromatic rings. The van der Waals surface area contributed by atoms with E-state index in [2.05, 4.69) is 11.3 Å². The van der Waals surface area contributed by atoms with Gasteiger partial charge in [-0.3, -0.25) is 4.90 Å². The fourth-order valence-corrected chi connectivity index (χ4v) is 1.74. The average Bonchev–Trinajstić information content (AvgIpc) is 2.41. The van der Waals surface area contributed by atoms with Crippen LogP contribution in [0.5, 0.6) is 0 Å². The molecule has 0 heterocycles. The lowest BCUT2D eigenvalue weighted by molar-refractivity contribution is 0.0600. The van der Waals surface area contributed by atoms with Crippen LogP contribution in [-0.4, -0.2) is 42.8 Å². The normalized spacial score (nSPS) is 10.5. The number of aliphatic hydroxyl groups is 1. The fraction of sp³-hybridized carbons (Fsp3) is 0.357. The molecule has 19 heavy (non-hydrogen) atoms. The van der Waals surface area contributed by atoms with Crippen LogP contribution in [0.25, 0.3) is 0 Å². The lowest BCUT2D eigenvalue weighted by Gasteiger charge is -2.20. The van der Waals surface area contributed by atoms with Crippen LogP contribution in [0, 0.1) is 5.82 Å². The van der Waals surface area contributed by atoms with Crippen molar-refractivity contribution in [1.82, 2.24) is 4.90 Å². The van der Waals surface area contributed by atoms with E-state index >= 15 is 0 Å². The zero-order valence-electron chi connectivity index (χ0n) is 10.9. The number of methoxy groups -OCH3 is 1. The Morgan fingerprint density at radius 2 is 2.32 bits per heavy atom. The summed E-state index contributed by atoms with van der Waals surface area (Å²) in [6.45, 7) is 4.83. The van der Waals surface area contributed by atoms with Crippen molar-refractivity contribution in [3.63, 3.8) is 0 Å². The van der Waals surface area contributed by atoms with Gasteiger partial charge in [-0.25, -0.2) is 9.18 Å². The molecule has 0 saturated carbocycles. The molecule has 0 unspecified atom stereocenters. The second-order valence-electron chi connectivity index (χ2n) is 4.05. The summed E-state index contributed by atoms with van der Waals surface area (Å²) in [4.78, 5) is 13.2. The second kappa shape index (κ2) is 7.66. The number of ether oxygens (including phenoxy) is 1. The molecule has 1 aromatic carbocycles. The lowest BCUT2D eigenvalue weighted by Crippen LogP contribution is -2.27. The van der Waals surface area contributed by atoms with Crippen LogP contribution in [0.1, 0.15) is 15.9 Å². The van der Waals surface area contributed by atoms with Crippen LogP contribution in [0.15, 0.2) is 30.9 Å². The van der Waals surface area contributed by atoms with Crippen LogP contribution in [0.3, 0.4) is 0 Å². The minimum absolute atomic E-state index is 0.0217. The van der Waals surface area contributed by atoms with Gasteiger partial charge in [0.2, 0.25) is 0 Å². The summed E-state index contributed by atoms with van der Waals surface area (Å²) in [5.41, 5.74) is 0.694. The third-order valence-electron chi connectivity index (χ3n) is 2.66. The molecular formula is C14H18FNO3. The van der Waals surface area contributed by atoms with Gasteiger partial charge < -0.3 is 9.84 Å². The third-order valence-corrected chi connectivity index (χ3v) is 2.66. The minimum Gasteiger partial charge on any atom is -0.465 e. The van der Waals surface area contributed by atoms with E-state index in [1.165, 1.54) is 25.3 Å². The number of esters is 1. The van der Waals surface area contributed by atoms with Gasteiger partial charge in [0, 0.05) is 25.2 Å². The Kier molecular flexibility index (Phi) is 6.18. The Labute approximate surface area is 112 Å². The number of rotatable bonds is 7. The van der Waals surface area contributed by atoms with Gasteiger partial charge >= 0.3 is 5.97 Å². The first kappa shape index (κ1) is 15.3. The summed E-state index contributed by atoms with van der Waals surface area (Å²) in [6.07, 6.45) is 1.68. The summed E-state index contributed by atoms with van der Waals surface area (Å²) < 4.78 is 18.3. The van der Waals surface area contributed by atoms with E-state index in [1.807, 2.05) is 4.90 Å². The van der Waals surface area contributed by atoms with Gasteiger partial charge in [-0.1, -0.05) is 6.08 Å². The summed E-state index contributed by atoms with van der Waals surface area (Å²) in [6, 6.07) is 4.09. The van der Waals surface area contributed by atoms with E-state index < -0.39 is 5.97 Å². The number of halogens is 1. The van der Waals surface area contributed by atoms with Crippen molar-refractivity contribution in [2.75, 3.05) is 26.8 Å². The standard InChI is InChI=1S/C14H18FNO3/c1-3-6-16(7-8-17)10-12-9-11(14(18)19-2)4-5-13(12)15/h3-5,9,17H,1,6-8,10H2,2H3. The zero-order valence-corrected chi connectivity index (χ0v) is 10.9. The van der Waals surface area contributed by atoms with E-state index in [1.54, 1.807) is 6.08 Å². The Morgan fingerprint density at radius 3 is 2.89 bits per heavy atom. The zero-order chi connectivity index (χ0) is 14.3. The Morgan fingerprint density at radius 1 is 1.58 bits per heavy atom. The average molecular weight is 267 g/mol. The molecular weight excluding hydrogens is 249 g/mol. The Bertz CT molecular complexity index is 448. The first-order valence-corrected chi connectivity index (χ1v) is 5.93. The first-order valence-electron chi connectivity index (χ1n) is 5.93. The van der Waals surface area contributed by atoms with Crippen molar-refractivity contribution in [1.29, 1.82) is 0 Å². The van der Waals surface area contributed by atoms with E-state index in [9.17, 15) is 9.18 Å². The highest BCUT2D eigenvalue weighted by molar-refractivity contribution is 5.89.